The van der Waals surface area contributed by atoms with E-state index in [1.165, 1.54) is 21.5 Å². The molecule has 3 rings (SSSR count). The van der Waals surface area contributed by atoms with E-state index in [-0.39, 0.29) is 23.8 Å². The second kappa shape index (κ2) is 4.67. The molecule has 106 valence electrons. The summed E-state index contributed by atoms with van der Waals surface area (Å²) in [6, 6.07) is 5.01. The van der Waals surface area contributed by atoms with Crippen molar-refractivity contribution in [2.24, 2.45) is 0 Å². The number of imidazole rings is 1. The molecule has 3 heterocycles. The van der Waals surface area contributed by atoms with Gasteiger partial charge in [-0.05, 0) is 11.0 Å². The van der Waals surface area contributed by atoms with E-state index >= 15 is 0 Å². The number of hydrogen-bond donors (Lipinski definition) is 1. The number of rotatable bonds is 4. The molecule has 0 saturated heterocycles. The Morgan fingerprint density at radius 1 is 1.43 bits per heavy atom. The van der Waals surface area contributed by atoms with Gasteiger partial charge in [0.15, 0.2) is 11.4 Å². The monoisotopic (exact) mass is 288 g/mol. The molecule has 0 spiro atoms. The van der Waals surface area contributed by atoms with Crippen LogP contribution in [0.3, 0.4) is 0 Å². The van der Waals surface area contributed by atoms with E-state index in [2.05, 4.69) is 15.3 Å². The van der Waals surface area contributed by atoms with E-state index in [1.54, 1.807) is 18.2 Å². The number of hydrogen-bond acceptors (Lipinski definition) is 6. The largest absolute Gasteiger partial charge is 0.476 e. The van der Waals surface area contributed by atoms with E-state index in [1.807, 2.05) is 0 Å². The van der Waals surface area contributed by atoms with Crippen molar-refractivity contribution in [2.75, 3.05) is 0 Å². The molecule has 10 nitrogen and oxygen atoms in total. The van der Waals surface area contributed by atoms with Crippen molar-refractivity contribution in [3.63, 3.8) is 0 Å². The fourth-order valence-corrected chi connectivity index (χ4v) is 1.96. The molecule has 21 heavy (non-hydrogen) atoms. The van der Waals surface area contributed by atoms with Crippen molar-refractivity contribution in [3.8, 4) is 0 Å². The van der Waals surface area contributed by atoms with Crippen molar-refractivity contribution in [1.29, 1.82) is 0 Å². The maximum absolute atomic E-state index is 11.2. The molecular formula is C11H8N6O4. The molecule has 0 amide bonds. The van der Waals surface area contributed by atoms with E-state index in [0.29, 0.717) is 5.65 Å². The number of nitrogens with zero attached hydrogens (tertiary/aromatic N) is 6. The summed E-state index contributed by atoms with van der Waals surface area (Å²) in [7, 11) is 0. The number of aromatic carboxylic acids is 1. The fourth-order valence-electron chi connectivity index (χ4n) is 1.96. The van der Waals surface area contributed by atoms with Crippen molar-refractivity contribution < 1.29 is 14.8 Å². The third kappa shape index (κ3) is 2.18. The van der Waals surface area contributed by atoms with Crippen LogP contribution in [-0.4, -0.2) is 40.4 Å². The van der Waals surface area contributed by atoms with E-state index in [4.69, 9.17) is 5.11 Å². The van der Waals surface area contributed by atoms with Crippen molar-refractivity contribution >= 4 is 17.4 Å². The molecule has 0 saturated carbocycles. The van der Waals surface area contributed by atoms with E-state index in [0.717, 1.165) is 0 Å². The number of carbonyl (C=O) groups is 1. The summed E-state index contributed by atoms with van der Waals surface area (Å²) in [6.45, 7) is -0.0434. The second-order valence-corrected chi connectivity index (χ2v) is 4.17. The molecule has 1 N–H and O–H groups in total. The van der Waals surface area contributed by atoms with Gasteiger partial charge in [0.1, 0.15) is 0 Å². The first-order chi connectivity index (χ1) is 10.1. The van der Waals surface area contributed by atoms with Gasteiger partial charge in [0.2, 0.25) is 5.65 Å². The summed E-state index contributed by atoms with van der Waals surface area (Å²) >= 11 is 0. The van der Waals surface area contributed by atoms with Crippen LogP contribution in [0.2, 0.25) is 0 Å². The van der Waals surface area contributed by atoms with Crippen LogP contribution in [0.1, 0.15) is 16.2 Å². The van der Waals surface area contributed by atoms with Gasteiger partial charge in [0, 0.05) is 6.07 Å². The predicted molar refractivity (Wildman–Crippen MR) is 67.9 cm³/mol. The molecule has 0 aromatic carbocycles. The Morgan fingerprint density at radius 2 is 2.24 bits per heavy atom. The van der Waals surface area contributed by atoms with Crippen LogP contribution in [0.15, 0.2) is 30.6 Å². The average Bonchev–Trinajstić information content (AvgIpc) is 3.02. The van der Waals surface area contributed by atoms with Crippen LogP contribution in [0, 0.1) is 10.1 Å². The quantitative estimate of drug-likeness (QED) is 0.549. The molecule has 0 unspecified atom stereocenters. The topological polar surface area (TPSA) is 128 Å². The Kier molecular flexibility index (Phi) is 2.83. The minimum absolute atomic E-state index is 0.0434. The Hall–Kier alpha value is -3.30. The molecule has 0 aliphatic rings. The number of carboxylic acids is 1. The van der Waals surface area contributed by atoms with Gasteiger partial charge in [0.25, 0.3) is 0 Å². The number of nitro groups is 1. The highest BCUT2D eigenvalue weighted by molar-refractivity contribution is 5.84. The van der Waals surface area contributed by atoms with Gasteiger partial charge >= 0.3 is 11.8 Å². The Bertz CT molecular complexity index is 851. The van der Waals surface area contributed by atoms with E-state index in [9.17, 15) is 14.9 Å². The van der Waals surface area contributed by atoms with Gasteiger partial charge in [-0.25, -0.2) is 14.5 Å². The highest BCUT2D eigenvalue weighted by Gasteiger charge is 2.23. The molecule has 0 radical (unpaired) electrons. The SMILES string of the molecule is O=C(O)c1cn(Cc2nc3ccccn3c2[N+](=O)[O-])nn1. The molecule has 0 aliphatic heterocycles. The van der Waals surface area contributed by atoms with Gasteiger partial charge in [-0.3, -0.25) is 0 Å². The average molecular weight is 288 g/mol. The lowest BCUT2D eigenvalue weighted by Crippen LogP contribution is -2.04. The van der Waals surface area contributed by atoms with Crippen LogP contribution in [0.25, 0.3) is 5.65 Å². The maximum atomic E-state index is 11.2. The van der Waals surface area contributed by atoms with Crippen molar-refractivity contribution in [3.05, 3.63) is 52.1 Å². The first kappa shape index (κ1) is 12.7. The Labute approximate surface area is 116 Å². The summed E-state index contributed by atoms with van der Waals surface area (Å²) in [5, 5.41) is 27.1. The Balaban J connectivity index is 2.05. The van der Waals surface area contributed by atoms with Crippen LogP contribution < -0.4 is 0 Å². The van der Waals surface area contributed by atoms with Gasteiger partial charge in [0.05, 0.1) is 18.9 Å². The third-order valence-corrected chi connectivity index (χ3v) is 2.82. The Morgan fingerprint density at radius 3 is 2.90 bits per heavy atom. The molecule has 0 fully saturated rings. The molecule has 3 aromatic rings. The zero-order chi connectivity index (χ0) is 15.0. The van der Waals surface area contributed by atoms with Crippen LogP contribution >= 0.6 is 0 Å². The summed E-state index contributed by atoms with van der Waals surface area (Å²) < 4.78 is 2.54. The molecule has 0 atom stereocenters. The summed E-state index contributed by atoms with van der Waals surface area (Å²) in [4.78, 5) is 25.6. The molecule has 0 bridgehead atoms. The highest BCUT2D eigenvalue weighted by atomic mass is 16.6. The van der Waals surface area contributed by atoms with Gasteiger partial charge in [-0.2, -0.15) is 4.40 Å². The zero-order valence-corrected chi connectivity index (χ0v) is 10.4. The smallest absolute Gasteiger partial charge is 0.358 e. The van der Waals surface area contributed by atoms with Crippen LogP contribution in [0.4, 0.5) is 5.82 Å². The van der Waals surface area contributed by atoms with Crippen LogP contribution in [-0.2, 0) is 6.54 Å². The standard InChI is InChI=1S/C11H8N6O4/c18-11(19)8-6-15(14-13-8)5-7-10(17(20)21)16-4-2-1-3-9(16)12-7/h1-4,6H,5H2,(H,18,19). The summed E-state index contributed by atoms with van der Waals surface area (Å²) in [6.07, 6.45) is 2.73. The zero-order valence-electron chi connectivity index (χ0n) is 10.4. The maximum Gasteiger partial charge on any atom is 0.358 e. The molecular weight excluding hydrogens is 280 g/mol. The minimum Gasteiger partial charge on any atom is -0.476 e. The molecule has 3 aromatic heterocycles. The molecule has 0 aliphatic carbocycles. The lowest BCUT2D eigenvalue weighted by Gasteiger charge is -1.98. The van der Waals surface area contributed by atoms with Gasteiger partial charge < -0.3 is 15.2 Å². The van der Waals surface area contributed by atoms with Crippen molar-refractivity contribution in [1.82, 2.24) is 24.4 Å². The minimum atomic E-state index is -1.22. The van der Waals surface area contributed by atoms with E-state index < -0.39 is 10.9 Å². The number of aromatic nitrogens is 5. The van der Waals surface area contributed by atoms with Crippen LogP contribution in [0.5, 0.6) is 0 Å². The summed E-state index contributed by atoms with van der Waals surface area (Å²) in [5.74, 6) is -1.40. The second-order valence-electron chi connectivity index (χ2n) is 4.17. The predicted octanol–water partition coefficient (Wildman–Crippen LogP) is 0.581. The first-order valence-corrected chi connectivity index (χ1v) is 5.80. The lowest BCUT2D eigenvalue weighted by molar-refractivity contribution is -0.391. The number of pyridine rings is 1. The first-order valence-electron chi connectivity index (χ1n) is 5.80. The molecule has 10 heteroatoms. The third-order valence-electron chi connectivity index (χ3n) is 2.82. The van der Waals surface area contributed by atoms with Gasteiger partial charge in [-0.1, -0.05) is 11.3 Å². The number of fused-ring (bicyclic) bond motifs is 1. The van der Waals surface area contributed by atoms with Crippen molar-refractivity contribution in [2.45, 2.75) is 6.54 Å². The normalized spacial score (nSPS) is 10.9. The summed E-state index contributed by atoms with van der Waals surface area (Å²) in [5.41, 5.74) is 0.368. The highest BCUT2D eigenvalue weighted by Crippen LogP contribution is 2.21. The van der Waals surface area contributed by atoms with Gasteiger partial charge in [-0.15, -0.1) is 5.10 Å². The lowest BCUT2D eigenvalue weighted by atomic mass is 10.4. The fraction of sp³-hybridized carbons (Fsp3) is 0.0909. The number of carboxylic acid groups (broad SMARTS) is 1.